The molecule has 0 heterocycles. The first-order valence-electron chi connectivity index (χ1n) is 8.41. The molecule has 2 aromatic rings. The van der Waals surface area contributed by atoms with Crippen LogP contribution in [0, 0.1) is 0 Å². The van der Waals surface area contributed by atoms with E-state index in [-0.39, 0.29) is 10.8 Å². The second kappa shape index (κ2) is 10.6. The molecular formula is C18H13Cl2F7N2O2S. The van der Waals surface area contributed by atoms with Gasteiger partial charge in [-0.25, -0.2) is 8.78 Å². The fourth-order valence-electron chi connectivity index (χ4n) is 2.14. The van der Waals surface area contributed by atoms with E-state index in [0.29, 0.717) is 15.7 Å². The Balaban J connectivity index is 2.20. The topological polar surface area (TPSA) is 42.5 Å². The smallest absolute Gasteiger partial charge is 0.422 e. The Labute approximate surface area is 192 Å². The zero-order valence-corrected chi connectivity index (χ0v) is 17.9. The lowest BCUT2D eigenvalue weighted by Gasteiger charge is -2.18. The maximum Gasteiger partial charge on any atom is 0.422 e. The van der Waals surface area contributed by atoms with E-state index in [2.05, 4.69) is 20.1 Å². The van der Waals surface area contributed by atoms with Crippen LogP contribution in [0.2, 0.25) is 10.0 Å². The first-order chi connectivity index (χ1) is 14.7. The van der Waals surface area contributed by atoms with Gasteiger partial charge in [0.05, 0.1) is 0 Å². The third-order valence-corrected chi connectivity index (χ3v) is 4.05. The molecule has 32 heavy (non-hydrogen) atoms. The number of thiocarbonyl (C=S) groups is 1. The van der Waals surface area contributed by atoms with Crippen molar-refractivity contribution in [2.75, 3.05) is 23.8 Å². The monoisotopic (exact) mass is 524 g/mol. The van der Waals surface area contributed by atoms with Crippen LogP contribution in [0.15, 0.2) is 36.4 Å². The second-order valence-corrected chi connectivity index (χ2v) is 7.47. The Morgan fingerprint density at radius 1 is 0.812 bits per heavy atom. The van der Waals surface area contributed by atoms with Crippen molar-refractivity contribution in [1.29, 1.82) is 0 Å². The second-order valence-electron chi connectivity index (χ2n) is 6.18. The normalized spacial score (nSPS) is 11.9. The summed E-state index contributed by atoms with van der Waals surface area (Å²) in [7, 11) is 0. The van der Waals surface area contributed by atoms with Crippen molar-refractivity contribution in [2.24, 2.45) is 0 Å². The van der Waals surface area contributed by atoms with Crippen LogP contribution < -0.4 is 20.1 Å². The van der Waals surface area contributed by atoms with E-state index < -0.39 is 43.2 Å². The number of alkyl halides is 7. The van der Waals surface area contributed by atoms with E-state index in [1.807, 2.05) is 0 Å². The molecule has 0 atom stereocenters. The quantitative estimate of drug-likeness (QED) is 0.287. The number of benzene rings is 2. The largest absolute Gasteiger partial charge is 0.487 e. The van der Waals surface area contributed by atoms with E-state index >= 15 is 0 Å². The van der Waals surface area contributed by atoms with Crippen LogP contribution in [0.5, 0.6) is 11.5 Å². The van der Waals surface area contributed by atoms with E-state index in [1.165, 1.54) is 18.2 Å². The fraction of sp³-hybridized carbons (Fsp3) is 0.278. The van der Waals surface area contributed by atoms with Crippen LogP contribution in [-0.4, -0.2) is 36.9 Å². The summed E-state index contributed by atoms with van der Waals surface area (Å²) in [4.78, 5) is 0. The zero-order chi connectivity index (χ0) is 24.1. The van der Waals surface area contributed by atoms with Gasteiger partial charge in [-0.15, -0.1) is 0 Å². The maximum atomic E-state index is 13.1. The average molecular weight is 525 g/mol. The van der Waals surface area contributed by atoms with Crippen LogP contribution in [0.4, 0.5) is 42.1 Å². The molecule has 2 rings (SSSR count). The summed E-state index contributed by atoms with van der Waals surface area (Å²) < 4.78 is 97.5. The Morgan fingerprint density at radius 2 is 1.28 bits per heavy atom. The number of halogens is 9. The van der Waals surface area contributed by atoms with Crippen molar-refractivity contribution in [3.8, 4) is 11.5 Å². The predicted octanol–water partition coefficient (Wildman–Crippen LogP) is 7.02. The summed E-state index contributed by atoms with van der Waals surface area (Å²) >= 11 is 16.8. The van der Waals surface area contributed by atoms with Gasteiger partial charge in [-0.1, -0.05) is 23.2 Å². The van der Waals surface area contributed by atoms with Crippen LogP contribution in [0.1, 0.15) is 0 Å². The van der Waals surface area contributed by atoms with Crippen molar-refractivity contribution in [3.63, 3.8) is 0 Å². The van der Waals surface area contributed by atoms with Crippen LogP contribution in [0.25, 0.3) is 0 Å². The molecule has 2 N–H and O–H groups in total. The van der Waals surface area contributed by atoms with Gasteiger partial charge in [0.1, 0.15) is 11.5 Å². The molecule has 0 aliphatic carbocycles. The molecule has 0 fully saturated rings. The highest BCUT2D eigenvalue weighted by Gasteiger charge is 2.41. The van der Waals surface area contributed by atoms with E-state index in [0.717, 1.165) is 18.2 Å². The van der Waals surface area contributed by atoms with Crippen molar-refractivity contribution in [3.05, 3.63) is 46.4 Å². The number of hydrogen-bond donors (Lipinski definition) is 2. The summed E-state index contributed by atoms with van der Waals surface area (Å²) in [5.41, 5.74) is 0.336. The van der Waals surface area contributed by atoms with Gasteiger partial charge in [0, 0.05) is 39.6 Å². The minimum Gasteiger partial charge on any atom is -0.487 e. The van der Waals surface area contributed by atoms with Crippen molar-refractivity contribution in [2.45, 2.75) is 18.5 Å². The predicted molar refractivity (Wildman–Crippen MR) is 111 cm³/mol. The highest BCUT2D eigenvalue weighted by molar-refractivity contribution is 7.80. The van der Waals surface area contributed by atoms with Crippen molar-refractivity contribution < 1.29 is 40.2 Å². The van der Waals surface area contributed by atoms with Gasteiger partial charge in [0.25, 0.3) is 0 Å². The molecule has 0 spiro atoms. The number of hydrogen-bond acceptors (Lipinski definition) is 3. The van der Waals surface area contributed by atoms with Gasteiger partial charge in [-0.05, 0) is 30.4 Å². The summed E-state index contributed by atoms with van der Waals surface area (Å²) in [6, 6.07) is 7.39. The fourth-order valence-corrected chi connectivity index (χ4v) is 2.90. The molecule has 0 radical (unpaired) electrons. The number of anilines is 2. The molecule has 0 saturated heterocycles. The first kappa shape index (κ1) is 26.1. The lowest BCUT2D eigenvalue weighted by atomic mass is 10.2. The number of rotatable bonds is 8. The van der Waals surface area contributed by atoms with Crippen molar-refractivity contribution in [1.82, 2.24) is 0 Å². The van der Waals surface area contributed by atoms with Gasteiger partial charge in [0.2, 0.25) is 0 Å². The standard InChI is InChI=1S/C18H13Cl2F7N2O2S/c19-9-1-10(20)3-11(2-9)28-16(32)29-12-4-13(30-7-17(23,24)15(21)22)6-14(5-12)31-8-18(25,26)27/h1-6,15H,7-8H2,(H2,28,29,32). The Morgan fingerprint density at radius 3 is 1.75 bits per heavy atom. The molecule has 0 aromatic heterocycles. The third-order valence-electron chi connectivity index (χ3n) is 3.41. The molecule has 0 saturated carbocycles. The lowest BCUT2D eigenvalue weighted by Crippen LogP contribution is -2.33. The van der Waals surface area contributed by atoms with Gasteiger partial charge >= 0.3 is 18.5 Å². The summed E-state index contributed by atoms with van der Waals surface area (Å²) in [6.07, 6.45) is -8.68. The van der Waals surface area contributed by atoms with E-state index in [9.17, 15) is 30.7 Å². The van der Waals surface area contributed by atoms with Gasteiger partial charge < -0.3 is 20.1 Å². The maximum absolute atomic E-state index is 13.1. The van der Waals surface area contributed by atoms with E-state index in [1.54, 1.807) is 0 Å². The van der Waals surface area contributed by atoms with Gasteiger partial charge in [-0.2, -0.15) is 22.0 Å². The first-order valence-corrected chi connectivity index (χ1v) is 9.57. The number of nitrogens with one attached hydrogen (secondary N) is 2. The zero-order valence-electron chi connectivity index (χ0n) is 15.6. The number of ether oxygens (including phenoxy) is 2. The molecule has 0 unspecified atom stereocenters. The summed E-state index contributed by atoms with van der Waals surface area (Å²) in [5.74, 6) is -5.36. The Hall–Kier alpha value is -2.18. The molecule has 14 heteroatoms. The lowest BCUT2D eigenvalue weighted by molar-refractivity contribution is -0.153. The summed E-state index contributed by atoms with van der Waals surface area (Å²) in [5, 5.41) is 5.80. The summed E-state index contributed by atoms with van der Waals surface area (Å²) in [6.45, 7) is -3.40. The minimum absolute atomic E-state index is 0.0364. The molecule has 4 nitrogen and oxygen atoms in total. The third kappa shape index (κ3) is 8.75. The van der Waals surface area contributed by atoms with E-state index in [4.69, 9.17) is 35.4 Å². The highest BCUT2D eigenvalue weighted by atomic mass is 35.5. The molecule has 176 valence electrons. The van der Waals surface area contributed by atoms with Crippen LogP contribution in [0.3, 0.4) is 0 Å². The Kier molecular flexibility index (Phi) is 8.66. The molecule has 0 aliphatic heterocycles. The minimum atomic E-state index is -4.68. The highest BCUT2D eigenvalue weighted by Crippen LogP contribution is 2.31. The van der Waals surface area contributed by atoms with Gasteiger partial charge in [0.15, 0.2) is 18.3 Å². The van der Waals surface area contributed by atoms with Gasteiger partial charge in [-0.3, -0.25) is 0 Å². The van der Waals surface area contributed by atoms with Crippen LogP contribution >= 0.6 is 35.4 Å². The Bertz CT molecular complexity index is 941. The molecular weight excluding hydrogens is 512 g/mol. The van der Waals surface area contributed by atoms with Crippen molar-refractivity contribution >= 4 is 51.9 Å². The molecule has 0 amide bonds. The van der Waals surface area contributed by atoms with Crippen LogP contribution in [-0.2, 0) is 0 Å². The SMILES string of the molecule is FC(F)C(F)(F)COc1cc(NC(=S)Nc2cc(Cl)cc(Cl)c2)cc(OCC(F)(F)F)c1. The molecule has 0 aliphatic rings. The molecule has 0 bridgehead atoms. The average Bonchev–Trinajstić information content (AvgIpc) is 2.63. The molecule has 2 aromatic carbocycles.